The van der Waals surface area contributed by atoms with Crippen molar-refractivity contribution in [3.05, 3.63) is 47.5 Å². The number of nitrogens with zero attached hydrogens (tertiary/aromatic N) is 4. The van der Waals surface area contributed by atoms with Crippen molar-refractivity contribution in [2.75, 3.05) is 19.8 Å². The highest BCUT2D eigenvalue weighted by atomic mass is 16.5. The molecule has 26 heavy (non-hydrogen) atoms. The van der Waals surface area contributed by atoms with Crippen molar-refractivity contribution < 1.29 is 4.74 Å². The van der Waals surface area contributed by atoms with Crippen molar-refractivity contribution in [2.45, 2.75) is 58.2 Å². The van der Waals surface area contributed by atoms with Crippen molar-refractivity contribution >= 4 is 0 Å². The summed E-state index contributed by atoms with van der Waals surface area (Å²) in [5, 5.41) is 4.79. The van der Waals surface area contributed by atoms with Crippen LogP contribution in [0.1, 0.15) is 55.3 Å². The lowest BCUT2D eigenvalue weighted by atomic mass is 9.96. The van der Waals surface area contributed by atoms with Crippen molar-refractivity contribution in [1.29, 1.82) is 0 Å². The van der Waals surface area contributed by atoms with Gasteiger partial charge in [-0.2, -0.15) is 5.10 Å². The molecule has 0 N–H and O–H groups in total. The van der Waals surface area contributed by atoms with E-state index in [-0.39, 0.29) is 0 Å². The highest BCUT2D eigenvalue weighted by Crippen LogP contribution is 2.32. The Balaban J connectivity index is 1.52. The highest BCUT2D eigenvalue weighted by molar-refractivity contribution is 5.26. The first-order valence-electron chi connectivity index (χ1n) is 10.1. The summed E-state index contributed by atoms with van der Waals surface area (Å²) in [6, 6.07) is 4.22. The average molecular weight is 354 g/mol. The number of fused-ring (bicyclic) bond motifs is 1. The summed E-state index contributed by atoms with van der Waals surface area (Å²) >= 11 is 0. The quantitative estimate of drug-likeness (QED) is 0.762. The summed E-state index contributed by atoms with van der Waals surface area (Å²) in [6.07, 6.45) is 11.3. The van der Waals surface area contributed by atoms with Crippen LogP contribution in [0.25, 0.3) is 0 Å². The number of hydrogen-bond donors (Lipinski definition) is 0. The molecule has 0 unspecified atom stereocenters. The SMILES string of the molecule is CCOC[C@@H]1CN(Cc2ccncc2)Cc2cnn(CC3CCCC3)c21. The van der Waals surface area contributed by atoms with Gasteiger partial charge < -0.3 is 4.74 Å². The lowest BCUT2D eigenvalue weighted by Gasteiger charge is -2.33. The minimum Gasteiger partial charge on any atom is -0.381 e. The van der Waals surface area contributed by atoms with Crippen molar-refractivity contribution in [3.8, 4) is 0 Å². The third-order valence-corrected chi connectivity index (χ3v) is 5.80. The van der Waals surface area contributed by atoms with E-state index in [0.717, 1.165) is 45.3 Å². The second kappa shape index (κ2) is 8.31. The minimum atomic E-state index is 0.407. The van der Waals surface area contributed by atoms with Crippen LogP contribution < -0.4 is 0 Å². The van der Waals surface area contributed by atoms with E-state index >= 15 is 0 Å². The molecule has 0 spiro atoms. The molecule has 1 fully saturated rings. The zero-order valence-corrected chi connectivity index (χ0v) is 15.8. The molecule has 0 amide bonds. The van der Waals surface area contributed by atoms with Crippen LogP contribution in [0.3, 0.4) is 0 Å². The molecule has 1 aliphatic heterocycles. The largest absolute Gasteiger partial charge is 0.381 e. The van der Waals surface area contributed by atoms with Gasteiger partial charge in [0, 0.05) is 62.4 Å². The maximum absolute atomic E-state index is 5.84. The Morgan fingerprint density at radius 3 is 2.77 bits per heavy atom. The van der Waals surface area contributed by atoms with Crippen LogP contribution in [0, 0.1) is 5.92 Å². The van der Waals surface area contributed by atoms with E-state index in [1.54, 1.807) is 0 Å². The molecule has 3 heterocycles. The van der Waals surface area contributed by atoms with E-state index in [0.29, 0.717) is 5.92 Å². The van der Waals surface area contributed by atoms with Crippen LogP contribution >= 0.6 is 0 Å². The van der Waals surface area contributed by atoms with Crippen LogP contribution in [-0.2, 0) is 24.4 Å². The van der Waals surface area contributed by atoms with Crippen LogP contribution in [0.2, 0.25) is 0 Å². The molecular weight excluding hydrogens is 324 g/mol. The molecule has 4 rings (SSSR count). The summed E-state index contributed by atoms with van der Waals surface area (Å²) in [5.41, 5.74) is 4.13. The van der Waals surface area contributed by atoms with Gasteiger partial charge >= 0.3 is 0 Å². The van der Waals surface area contributed by atoms with Gasteiger partial charge in [0.2, 0.25) is 0 Å². The number of rotatable bonds is 7. The molecule has 5 nitrogen and oxygen atoms in total. The van der Waals surface area contributed by atoms with E-state index in [1.165, 1.54) is 42.5 Å². The van der Waals surface area contributed by atoms with Gasteiger partial charge in [-0.05, 0) is 43.4 Å². The van der Waals surface area contributed by atoms with E-state index < -0.39 is 0 Å². The standard InChI is InChI=1S/C21H30N4O/c1-2-26-16-20-15-24(12-18-7-9-22-10-8-18)14-19-11-23-25(21(19)20)13-17-5-3-4-6-17/h7-11,17,20H,2-6,12-16H2,1H3/t20-/m0/s1. The smallest absolute Gasteiger partial charge is 0.0562 e. The number of aromatic nitrogens is 3. The molecular formula is C21H30N4O. The summed E-state index contributed by atoms with van der Waals surface area (Å²) in [7, 11) is 0. The minimum absolute atomic E-state index is 0.407. The molecule has 0 aromatic carbocycles. The van der Waals surface area contributed by atoms with E-state index in [9.17, 15) is 0 Å². The second-order valence-corrected chi connectivity index (χ2v) is 7.77. The second-order valence-electron chi connectivity index (χ2n) is 7.77. The number of pyridine rings is 1. The topological polar surface area (TPSA) is 43.2 Å². The zero-order chi connectivity index (χ0) is 17.8. The molecule has 2 aliphatic rings. The van der Waals surface area contributed by atoms with Crippen LogP contribution in [0.5, 0.6) is 0 Å². The van der Waals surface area contributed by atoms with Crippen LogP contribution in [0.15, 0.2) is 30.7 Å². The van der Waals surface area contributed by atoms with E-state index in [4.69, 9.17) is 9.84 Å². The van der Waals surface area contributed by atoms with Crippen LogP contribution in [-0.4, -0.2) is 39.4 Å². The average Bonchev–Trinajstić information content (AvgIpc) is 3.31. The third kappa shape index (κ3) is 3.99. The van der Waals surface area contributed by atoms with Crippen molar-refractivity contribution in [1.82, 2.24) is 19.7 Å². The van der Waals surface area contributed by atoms with Crippen molar-refractivity contribution in [2.24, 2.45) is 5.92 Å². The molecule has 0 radical (unpaired) electrons. The predicted molar refractivity (Wildman–Crippen MR) is 102 cm³/mol. The number of ether oxygens (including phenoxy) is 1. The first-order valence-corrected chi connectivity index (χ1v) is 10.1. The summed E-state index contributed by atoms with van der Waals surface area (Å²) in [4.78, 5) is 6.65. The molecule has 2 aromatic rings. The Labute approximate surface area is 156 Å². The monoisotopic (exact) mass is 354 g/mol. The van der Waals surface area contributed by atoms with Gasteiger partial charge in [-0.15, -0.1) is 0 Å². The Morgan fingerprint density at radius 2 is 2.00 bits per heavy atom. The zero-order valence-electron chi connectivity index (χ0n) is 15.8. The summed E-state index contributed by atoms with van der Waals surface area (Å²) in [6.45, 7) is 7.69. The Hall–Kier alpha value is -1.72. The maximum Gasteiger partial charge on any atom is 0.0562 e. The van der Waals surface area contributed by atoms with Gasteiger partial charge in [-0.25, -0.2) is 0 Å². The number of hydrogen-bond acceptors (Lipinski definition) is 4. The fourth-order valence-electron chi connectivity index (χ4n) is 4.57. The molecule has 5 heteroatoms. The summed E-state index contributed by atoms with van der Waals surface area (Å²) in [5.74, 6) is 1.21. The van der Waals surface area contributed by atoms with Gasteiger partial charge in [0.1, 0.15) is 0 Å². The Kier molecular flexibility index (Phi) is 5.65. The fourth-order valence-corrected chi connectivity index (χ4v) is 4.57. The van der Waals surface area contributed by atoms with Crippen molar-refractivity contribution in [3.63, 3.8) is 0 Å². The van der Waals surface area contributed by atoms with Gasteiger partial charge in [0.15, 0.2) is 0 Å². The maximum atomic E-state index is 5.84. The summed E-state index contributed by atoms with van der Waals surface area (Å²) < 4.78 is 8.15. The molecule has 0 bridgehead atoms. The van der Waals surface area contributed by atoms with E-state index in [2.05, 4.69) is 39.8 Å². The predicted octanol–water partition coefficient (Wildman–Crippen LogP) is 3.60. The highest BCUT2D eigenvalue weighted by Gasteiger charge is 2.30. The van der Waals surface area contributed by atoms with Gasteiger partial charge in [-0.1, -0.05) is 12.8 Å². The first-order chi connectivity index (χ1) is 12.8. The van der Waals surface area contributed by atoms with Gasteiger partial charge in [-0.3, -0.25) is 14.6 Å². The molecule has 1 saturated carbocycles. The van der Waals surface area contributed by atoms with Gasteiger partial charge in [0.25, 0.3) is 0 Å². The Bertz CT molecular complexity index is 693. The van der Waals surface area contributed by atoms with E-state index in [1.807, 2.05) is 12.4 Å². The molecule has 1 aliphatic carbocycles. The normalized spacial score (nSPS) is 21.2. The molecule has 2 aromatic heterocycles. The van der Waals surface area contributed by atoms with Gasteiger partial charge in [0.05, 0.1) is 12.8 Å². The van der Waals surface area contributed by atoms with Crippen LogP contribution in [0.4, 0.5) is 0 Å². The molecule has 1 atom stereocenters. The fraction of sp³-hybridized carbons (Fsp3) is 0.619. The molecule has 140 valence electrons. The first kappa shape index (κ1) is 17.7. The third-order valence-electron chi connectivity index (χ3n) is 5.80. The molecule has 0 saturated heterocycles. The lowest BCUT2D eigenvalue weighted by Crippen LogP contribution is -2.36. The Morgan fingerprint density at radius 1 is 1.19 bits per heavy atom. The lowest BCUT2D eigenvalue weighted by molar-refractivity contribution is 0.101.